The Kier molecular flexibility index (Phi) is 13.9. The van der Waals surface area contributed by atoms with Crippen molar-refractivity contribution in [1.29, 1.82) is 0 Å². The summed E-state index contributed by atoms with van der Waals surface area (Å²) in [4.78, 5) is 72.1. The molecule has 0 amide bonds. The van der Waals surface area contributed by atoms with Gasteiger partial charge in [0.05, 0.1) is 6.61 Å². The number of carbonyl (C=O) groups is 6. The van der Waals surface area contributed by atoms with E-state index in [1.54, 1.807) is 0 Å². The Bertz CT molecular complexity index is 1050. The lowest BCUT2D eigenvalue weighted by Gasteiger charge is -2.49. The molecule has 2 fully saturated rings. The number of hydrogen-bond acceptors (Lipinski definition) is 18. The van der Waals surface area contributed by atoms with Gasteiger partial charge in [-0.05, 0) is 0 Å². The predicted octanol–water partition coefficient (Wildman–Crippen LogP) is -1.96. The minimum atomic E-state index is -1.84. The maximum absolute atomic E-state index is 12.2. The summed E-state index contributed by atoms with van der Waals surface area (Å²) in [6, 6.07) is 0. The van der Waals surface area contributed by atoms with E-state index in [2.05, 4.69) is 0 Å². The lowest BCUT2D eigenvalue weighted by Crippen LogP contribution is -2.68. The summed E-state index contributed by atoms with van der Waals surface area (Å²) < 4.78 is 55.0. The monoisotopic (exact) mass is 638 g/mol. The topological polar surface area (TPSA) is 235 Å². The van der Waals surface area contributed by atoms with Crippen molar-refractivity contribution in [3.8, 4) is 0 Å². The summed E-state index contributed by atoms with van der Waals surface area (Å²) in [5.74, 6) is -5.19. The normalized spacial score (nSPS) is 32.4. The molecule has 18 heteroatoms. The standard InChI is InChI=1S/C26H38O18/c1-10(28)36-9-17-19(21(38-12(3)30)23(40-14(5)32)25(35-7)42-17)44-26-24(41-15(6)33)22(39-13(4)31)20(37-11(2)29)18(43-26)16(34)8-27/h16-27,34H,8-9H2,1-7H3/t16-,17+,18+,19-,20-,21-,22-,23+,24+,25-,26-/m0/s1. The smallest absolute Gasteiger partial charge is 0.303 e. The van der Waals surface area contributed by atoms with Crippen molar-refractivity contribution in [3.63, 3.8) is 0 Å². The van der Waals surface area contributed by atoms with Crippen molar-refractivity contribution < 1.29 is 86.3 Å². The highest BCUT2D eigenvalue weighted by atomic mass is 16.8. The number of carbonyl (C=O) groups excluding carboxylic acids is 6. The molecule has 2 heterocycles. The fraction of sp³-hybridized carbons (Fsp3) is 0.769. The molecule has 18 nitrogen and oxygen atoms in total. The van der Waals surface area contributed by atoms with Crippen LogP contribution in [0, 0.1) is 0 Å². The van der Waals surface area contributed by atoms with E-state index in [1.807, 2.05) is 0 Å². The van der Waals surface area contributed by atoms with E-state index in [0.29, 0.717) is 0 Å². The first-order chi connectivity index (χ1) is 20.6. The van der Waals surface area contributed by atoms with Gasteiger partial charge in [-0.3, -0.25) is 28.8 Å². The molecule has 11 atom stereocenters. The molecule has 0 saturated carbocycles. The first-order valence-electron chi connectivity index (χ1n) is 13.4. The van der Waals surface area contributed by atoms with Crippen LogP contribution in [0.3, 0.4) is 0 Å². The number of aliphatic hydroxyl groups excluding tert-OH is 2. The Balaban J connectivity index is 2.70. The zero-order valence-corrected chi connectivity index (χ0v) is 25.2. The van der Waals surface area contributed by atoms with Crippen molar-refractivity contribution in [2.75, 3.05) is 20.3 Å². The lowest BCUT2D eigenvalue weighted by atomic mass is 9.93. The summed E-state index contributed by atoms with van der Waals surface area (Å²) in [6.07, 6.45) is -17.6. The molecule has 0 bridgehead atoms. The van der Waals surface area contributed by atoms with Crippen LogP contribution in [0.2, 0.25) is 0 Å². The van der Waals surface area contributed by atoms with Gasteiger partial charge in [0, 0.05) is 48.7 Å². The van der Waals surface area contributed by atoms with E-state index < -0.39 is 117 Å². The first-order valence-corrected chi connectivity index (χ1v) is 13.4. The molecular weight excluding hydrogens is 600 g/mol. The quantitative estimate of drug-likeness (QED) is 0.174. The van der Waals surface area contributed by atoms with E-state index in [0.717, 1.165) is 41.5 Å². The number of ether oxygens (including phenoxy) is 10. The molecule has 2 aliphatic rings. The number of rotatable bonds is 12. The lowest BCUT2D eigenvalue weighted by molar-refractivity contribution is -0.363. The van der Waals surface area contributed by atoms with E-state index in [1.165, 1.54) is 7.11 Å². The maximum atomic E-state index is 12.2. The Hall–Kier alpha value is -3.42. The van der Waals surface area contributed by atoms with E-state index >= 15 is 0 Å². The summed E-state index contributed by atoms with van der Waals surface area (Å²) >= 11 is 0. The second-order valence-corrected chi connectivity index (χ2v) is 9.77. The maximum Gasteiger partial charge on any atom is 0.303 e. The zero-order valence-electron chi connectivity index (χ0n) is 25.2. The molecule has 2 rings (SSSR count). The van der Waals surface area contributed by atoms with Crippen molar-refractivity contribution in [3.05, 3.63) is 0 Å². The highest BCUT2D eigenvalue weighted by molar-refractivity contribution is 5.69. The first kappa shape index (κ1) is 36.8. The molecule has 0 spiro atoms. The van der Waals surface area contributed by atoms with Crippen LogP contribution in [-0.4, -0.2) is 134 Å². The SMILES string of the molecule is CO[C@H]1O[C@H](COC(C)=O)[C@H](O[C@@H]2O[C@H]([C@@H](O)CO)[C@H](OC(C)=O)[C@H](OC(C)=O)[C@H]2OC(C)=O)[C@H](OC(C)=O)[C@H]1OC(C)=O. The zero-order chi connectivity index (χ0) is 33.3. The van der Waals surface area contributed by atoms with Gasteiger partial charge in [0.2, 0.25) is 0 Å². The van der Waals surface area contributed by atoms with Crippen LogP contribution in [0.1, 0.15) is 41.5 Å². The third-order valence-electron chi connectivity index (χ3n) is 6.17. The van der Waals surface area contributed by atoms with Gasteiger partial charge in [0.15, 0.2) is 43.1 Å². The molecule has 2 aliphatic heterocycles. The van der Waals surface area contributed by atoms with Crippen LogP contribution in [0.15, 0.2) is 0 Å². The molecular formula is C26H38O18. The van der Waals surface area contributed by atoms with Crippen LogP contribution < -0.4 is 0 Å². The van der Waals surface area contributed by atoms with Gasteiger partial charge in [-0.1, -0.05) is 0 Å². The second-order valence-electron chi connectivity index (χ2n) is 9.77. The minimum Gasteiger partial charge on any atom is -0.463 e. The number of esters is 6. The average molecular weight is 639 g/mol. The number of methoxy groups -OCH3 is 1. The van der Waals surface area contributed by atoms with Gasteiger partial charge < -0.3 is 57.6 Å². The molecule has 0 aromatic heterocycles. The van der Waals surface area contributed by atoms with Gasteiger partial charge in [-0.15, -0.1) is 0 Å². The molecule has 0 aromatic rings. The summed E-state index contributed by atoms with van der Waals surface area (Å²) in [6.45, 7) is 4.80. The minimum absolute atomic E-state index is 0.526. The van der Waals surface area contributed by atoms with Crippen molar-refractivity contribution in [2.45, 2.75) is 109 Å². The predicted molar refractivity (Wildman–Crippen MR) is 137 cm³/mol. The Labute approximate surface area is 252 Å². The van der Waals surface area contributed by atoms with Crippen molar-refractivity contribution >= 4 is 35.8 Å². The largest absolute Gasteiger partial charge is 0.463 e. The van der Waals surface area contributed by atoms with Gasteiger partial charge in [-0.2, -0.15) is 0 Å². The fourth-order valence-corrected chi connectivity index (χ4v) is 4.69. The molecule has 0 radical (unpaired) electrons. The van der Waals surface area contributed by atoms with Gasteiger partial charge >= 0.3 is 35.8 Å². The highest BCUT2D eigenvalue weighted by Gasteiger charge is 2.58. The average Bonchev–Trinajstić information content (AvgIpc) is 2.90. The summed E-state index contributed by atoms with van der Waals surface area (Å²) in [5.41, 5.74) is 0. The number of hydrogen-bond donors (Lipinski definition) is 2. The Morgan fingerprint density at radius 1 is 0.614 bits per heavy atom. The molecule has 0 aliphatic carbocycles. The van der Waals surface area contributed by atoms with E-state index in [9.17, 15) is 39.0 Å². The Morgan fingerprint density at radius 2 is 1.05 bits per heavy atom. The van der Waals surface area contributed by atoms with Crippen LogP contribution in [0.25, 0.3) is 0 Å². The van der Waals surface area contributed by atoms with Gasteiger partial charge in [0.25, 0.3) is 0 Å². The third kappa shape index (κ3) is 10.1. The summed E-state index contributed by atoms with van der Waals surface area (Å²) in [5, 5.41) is 20.3. The third-order valence-corrected chi connectivity index (χ3v) is 6.17. The molecule has 2 N–H and O–H groups in total. The Morgan fingerprint density at radius 3 is 1.48 bits per heavy atom. The molecule has 0 aromatic carbocycles. The summed E-state index contributed by atoms with van der Waals surface area (Å²) in [7, 11) is 1.21. The van der Waals surface area contributed by atoms with E-state index in [-0.39, 0.29) is 0 Å². The van der Waals surface area contributed by atoms with Crippen LogP contribution >= 0.6 is 0 Å². The van der Waals surface area contributed by atoms with Gasteiger partial charge in [-0.25, -0.2) is 0 Å². The van der Waals surface area contributed by atoms with Crippen LogP contribution in [0.5, 0.6) is 0 Å². The second kappa shape index (κ2) is 16.6. The van der Waals surface area contributed by atoms with Crippen molar-refractivity contribution in [2.24, 2.45) is 0 Å². The van der Waals surface area contributed by atoms with E-state index in [4.69, 9.17) is 47.4 Å². The van der Waals surface area contributed by atoms with Crippen LogP contribution in [-0.2, 0) is 76.1 Å². The molecule has 2 saturated heterocycles. The number of aliphatic hydroxyl groups is 2. The molecule has 250 valence electrons. The highest BCUT2D eigenvalue weighted by Crippen LogP contribution is 2.36. The van der Waals surface area contributed by atoms with Crippen molar-refractivity contribution in [1.82, 2.24) is 0 Å². The fourth-order valence-electron chi connectivity index (χ4n) is 4.69. The van der Waals surface area contributed by atoms with Gasteiger partial charge in [0.1, 0.15) is 31.0 Å². The van der Waals surface area contributed by atoms with Crippen LogP contribution in [0.4, 0.5) is 0 Å². The molecule has 0 unspecified atom stereocenters. The molecule has 44 heavy (non-hydrogen) atoms.